The van der Waals surface area contributed by atoms with Crippen LogP contribution in [0.5, 0.6) is 5.75 Å². The van der Waals surface area contributed by atoms with Gasteiger partial charge in [0.15, 0.2) is 5.96 Å². The van der Waals surface area contributed by atoms with E-state index in [0.29, 0.717) is 25.9 Å². The van der Waals surface area contributed by atoms with Crippen molar-refractivity contribution < 1.29 is 19.1 Å². The van der Waals surface area contributed by atoms with Gasteiger partial charge in [0, 0.05) is 49.6 Å². The van der Waals surface area contributed by atoms with Crippen molar-refractivity contribution in [2.75, 3.05) is 13.7 Å². The van der Waals surface area contributed by atoms with Crippen LogP contribution in [0.4, 0.5) is 0 Å². The van der Waals surface area contributed by atoms with Gasteiger partial charge in [0.1, 0.15) is 11.4 Å². The zero-order chi connectivity index (χ0) is 25.4. The number of carbonyl (C=O) groups excluding carboxylic acids is 2. The third-order valence-corrected chi connectivity index (χ3v) is 7.98. The van der Waals surface area contributed by atoms with Gasteiger partial charge in [0.25, 0.3) is 0 Å². The minimum absolute atomic E-state index is 0.00894. The fourth-order valence-electron chi connectivity index (χ4n) is 5.79. The standard InChI is InChI=1S/C27H40N4O4/c1-6-27(7-2)15-20(17-10-8-9-11-22(17)35-27)29-24(33)19-14-18(19)21(12-13-34-5)31-23(32)16-26(3,4)30-25(31)28/h8-11,18-21H,6-7,12-16H2,1-5H3,(H2,28,30)(H,29,33)/t18-,19-,20?,21+/m1/s1. The van der Waals surface area contributed by atoms with E-state index < -0.39 is 5.54 Å². The van der Waals surface area contributed by atoms with Crippen molar-refractivity contribution in [1.29, 1.82) is 5.41 Å². The average Bonchev–Trinajstić information content (AvgIpc) is 3.60. The largest absolute Gasteiger partial charge is 0.487 e. The Morgan fingerprint density at radius 1 is 1.31 bits per heavy atom. The fraction of sp³-hybridized carbons (Fsp3) is 0.667. The number of methoxy groups -OCH3 is 1. The van der Waals surface area contributed by atoms with E-state index in [1.807, 2.05) is 38.1 Å². The molecule has 3 aliphatic rings. The Morgan fingerprint density at radius 3 is 2.69 bits per heavy atom. The summed E-state index contributed by atoms with van der Waals surface area (Å²) >= 11 is 0. The lowest BCUT2D eigenvalue weighted by Gasteiger charge is -2.42. The van der Waals surface area contributed by atoms with Crippen LogP contribution in [0.15, 0.2) is 24.3 Å². The molecule has 1 saturated heterocycles. The van der Waals surface area contributed by atoms with Crippen molar-refractivity contribution in [3.63, 3.8) is 0 Å². The van der Waals surface area contributed by atoms with Crippen molar-refractivity contribution in [1.82, 2.24) is 15.5 Å². The number of nitrogens with one attached hydrogen (secondary N) is 3. The zero-order valence-corrected chi connectivity index (χ0v) is 21.6. The molecule has 1 unspecified atom stereocenters. The first-order chi connectivity index (χ1) is 16.6. The first kappa shape index (κ1) is 25.5. The van der Waals surface area contributed by atoms with Gasteiger partial charge < -0.3 is 20.1 Å². The van der Waals surface area contributed by atoms with Gasteiger partial charge in [-0.05, 0) is 51.5 Å². The van der Waals surface area contributed by atoms with Crippen LogP contribution in [-0.2, 0) is 14.3 Å². The van der Waals surface area contributed by atoms with E-state index in [2.05, 4.69) is 24.5 Å². The van der Waals surface area contributed by atoms with Crippen molar-refractivity contribution in [2.24, 2.45) is 11.8 Å². The number of nitrogens with zero attached hydrogens (tertiary/aromatic N) is 1. The van der Waals surface area contributed by atoms with E-state index in [9.17, 15) is 9.59 Å². The number of fused-ring (bicyclic) bond motifs is 1. The molecule has 0 aromatic heterocycles. The molecule has 0 bridgehead atoms. The molecule has 1 aromatic carbocycles. The molecule has 4 atom stereocenters. The molecule has 1 aromatic rings. The third-order valence-electron chi connectivity index (χ3n) is 7.98. The highest BCUT2D eigenvalue weighted by Crippen LogP contribution is 2.47. The van der Waals surface area contributed by atoms with Crippen LogP contribution in [0, 0.1) is 17.2 Å². The number of guanidine groups is 1. The number of hydrogen-bond acceptors (Lipinski definition) is 5. The summed E-state index contributed by atoms with van der Waals surface area (Å²) < 4.78 is 11.7. The summed E-state index contributed by atoms with van der Waals surface area (Å²) in [5, 5.41) is 15.0. The van der Waals surface area contributed by atoms with Gasteiger partial charge in [-0.3, -0.25) is 19.9 Å². The van der Waals surface area contributed by atoms with Crippen molar-refractivity contribution in [3.8, 4) is 5.75 Å². The Hall–Kier alpha value is -2.61. The van der Waals surface area contributed by atoms with Gasteiger partial charge in [-0.1, -0.05) is 32.0 Å². The SMILES string of the molecule is CCC1(CC)CC(NC(=O)[C@@H]2C[C@H]2[C@H](CCOC)N2C(=N)NC(C)(C)CC2=O)c2ccccc2O1. The number of para-hydroxylation sites is 1. The second-order valence-corrected chi connectivity index (χ2v) is 10.9. The van der Waals surface area contributed by atoms with E-state index in [1.165, 1.54) is 0 Å². The maximum atomic E-state index is 13.5. The second kappa shape index (κ2) is 9.80. The second-order valence-electron chi connectivity index (χ2n) is 10.9. The van der Waals surface area contributed by atoms with E-state index >= 15 is 0 Å². The molecule has 8 nitrogen and oxygen atoms in total. The van der Waals surface area contributed by atoms with E-state index in [-0.39, 0.29) is 47.3 Å². The minimum atomic E-state index is -0.446. The fourth-order valence-corrected chi connectivity index (χ4v) is 5.79. The quantitative estimate of drug-likeness (QED) is 0.495. The van der Waals surface area contributed by atoms with Gasteiger partial charge in [-0.2, -0.15) is 0 Å². The highest BCUT2D eigenvalue weighted by Gasteiger charge is 2.53. The smallest absolute Gasteiger partial charge is 0.231 e. The lowest BCUT2D eigenvalue weighted by molar-refractivity contribution is -0.133. The average molecular weight is 485 g/mol. The lowest BCUT2D eigenvalue weighted by atomic mass is 9.83. The molecule has 192 valence electrons. The molecule has 1 aliphatic carbocycles. The Kier molecular flexibility index (Phi) is 7.13. The molecular formula is C27H40N4O4. The Balaban J connectivity index is 1.49. The molecule has 2 heterocycles. The van der Waals surface area contributed by atoms with Gasteiger partial charge in [0.05, 0.1) is 6.04 Å². The minimum Gasteiger partial charge on any atom is -0.487 e. The first-order valence-corrected chi connectivity index (χ1v) is 12.9. The summed E-state index contributed by atoms with van der Waals surface area (Å²) in [6.07, 6.45) is 4.10. The van der Waals surface area contributed by atoms with Crippen LogP contribution in [0.3, 0.4) is 0 Å². The summed E-state index contributed by atoms with van der Waals surface area (Å²) in [5.74, 6) is 0.741. The molecule has 1 saturated carbocycles. The molecule has 2 amide bonds. The highest BCUT2D eigenvalue weighted by molar-refractivity contribution is 5.99. The maximum absolute atomic E-state index is 13.5. The Labute approximate surface area is 208 Å². The third kappa shape index (κ3) is 5.17. The molecule has 0 spiro atoms. The van der Waals surface area contributed by atoms with E-state index in [0.717, 1.165) is 30.6 Å². The predicted molar refractivity (Wildman–Crippen MR) is 134 cm³/mol. The maximum Gasteiger partial charge on any atom is 0.231 e. The number of hydrogen-bond donors (Lipinski definition) is 3. The highest BCUT2D eigenvalue weighted by atomic mass is 16.5. The number of ether oxygens (including phenoxy) is 2. The summed E-state index contributed by atoms with van der Waals surface area (Å²) in [7, 11) is 1.63. The normalized spacial score (nSPS) is 27.3. The molecule has 0 radical (unpaired) electrons. The number of rotatable bonds is 9. The Morgan fingerprint density at radius 2 is 2.03 bits per heavy atom. The zero-order valence-electron chi connectivity index (χ0n) is 21.6. The lowest BCUT2D eigenvalue weighted by Crippen LogP contribution is -2.63. The molecular weight excluding hydrogens is 444 g/mol. The van der Waals surface area contributed by atoms with Crippen LogP contribution in [-0.4, -0.2) is 53.6 Å². The van der Waals surface area contributed by atoms with Crippen LogP contribution < -0.4 is 15.4 Å². The summed E-state index contributed by atoms with van der Waals surface area (Å²) in [6, 6.07) is 7.62. The molecule has 8 heteroatoms. The van der Waals surface area contributed by atoms with Crippen LogP contribution in [0.2, 0.25) is 0 Å². The van der Waals surface area contributed by atoms with Crippen molar-refractivity contribution in [3.05, 3.63) is 29.8 Å². The number of benzene rings is 1. The molecule has 2 fully saturated rings. The van der Waals surface area contributed by atoms with Crippen LogP contribution >= 0.6 is 0 Å². The van der Waals surface area contributed by atoms with Gasteiger partial charge in [-0.15, -0.1) is 0 Å². The van der Waals surface area contributed by atoms with E-state index in [4.69, 9.17) is 14.9 Å². The van der Waals surface area contributed by atoms with E-state index in [1.54, 1.807) is 12.0 Å². The topological polar surface area (TPSA) is 104 Å². The predicted octanol–water partition coefficient (Wildman–Crippen LogP) is 3.76. The van der Waals surface area contributed by atoms with Gasteiger partial charge in [-0.25, -0.2) is 0 Å². The van der Waals surface area contributed by atoms with Gasteiger partial charge >= 0.3 is 0 Å². The molecule has 3 N–H and O–H groups in total. The molecule has 35 heavy (non-hydrogen) atoms. The van der Waals surface area contributed by atoms with Crippen LogP contribution in [0.1, 0.15) is 77.8 Å². The van der Waals surface area contributed by atoms with Crippen LogP contribution in [0.25, 0.3) is 0 Å². The molecule has 2 aliphatic heterocycles. The molecule has 4 rings (SSSR count). The van der Waals surface area contributed by atoms with Gasteiger partial charge in [0.2, 0.25) is 11.8 Å². The summed E-state index contributed by atoms with van der Waals surface area (Å²) in [6.45, 7) is 8.58. The first-order valence-electron chi connectivity index (χ1n) is 12.9. The van der Waals surface area contributed by atoms with Crippen molar-refractivity contribution in [2.45, 2.75) is 89.4 Å². The monoisotopic (exact) mass is 484 g/mol. The Bertz CT molecular complexity index is 954. The summed E-state index contributed by atoms with van der Waals surface area (Å²) in [4.78, 5) is 28.0. The number of carbonyl (C=O) groups is 2. The summed E-state index contributed by atoms with van der Waals surface area (Å²) in [5.41, 5.74) is 0.286. The van der Waals surface area contributed by atoms with Crippen molar-refractivity contribution >= 4 is 17.8 Å². The number of amides is 2.